The molecule has 206 valence electrons. The van der Waals surface area contributed by atoms with Crippen molar-refractivity contribution in [2.45, 2.75) is 110 Å². The Balaban J connectivity index is 1.42. The number of ether oxygens (including phenoxy) is 1. The molecule has 0 radical (unpaired) electrons. The summed E-state index contributed by atoms with van der Waals surface area (Å²) in [5, 5.41) is 31.2. The van der Waals surface area contributed by atoms with Gasteiger partial charge in [0.05, 0.1) is 30.3 Å². The third kappa shape index (κ3) is 5.84. The van der Waals surface area contributed by atoms with Crippen LogP contribution in [0.1, 0.15) is 91.4 Å². The van der Waals surface area contributed by atoms with E-state index in [1.807, 2.05) is 6.08 Å². The minimum atomic E-state index is -0.781. The fourth-order valence-corrected chi connectivity index (χ4v) is 7.42. The molecular formula is C32H48O5. The molecule has 0 aliphatic heterocycles. The minimum absolute atomic E-state index is 0.205. The first-order valence-electron chi connectivity index (χ1n) is 14.6. The Morgan fingerprint density at radius 1 is 1.19 bits per heavy atom. The van der Waals surface area contributed by atoms with E-state index >= 15 is 0 Å². The van der Waals surface area contributed by atoms with Crippen LogP contribution in [-0.2, 0) is 9.53 Å². The second kappa shape index (κ2) is 11.6. The van der Waals surface area contributed by atoms with Crippen LogP contribution >= 0.6 is 0 Å². The van der Waals surface area contributed by atoms with E-state index in [0.29, 0.717) is 50.0 Å². The molecule has 4 aliphatic rings. The van der Waals surface area contributed by atoms with Gasteiger partial charge in [-0.15, -0.1) is 0 Å². The van der Waals surface area contributed by atoms with Crippen molar-refractivity contribution in [2.75, 3.05) is 6.61 Å². The number of allylic oxidation sites excluding steroid dienone is 4. The predicted molar refractivity (Wildman–Crippen MR) is 147 cm³/mol. The van der Waals surface area contributed by atoms with Gasteiger partial charge in [0.2, 0.25) is 0 Å². The Bertz CT molecular complexity index is 941. The fraction of sp³-hybridized carbons (Fsp3) is 0.719. The smallest absolute Gasteiger partial charge is 0.315 e. The first-order chi connectivity index (χ1) is 17.6. The summed E-state index contributed by atoms with van der Waals surface area (Å²) >= 11 is 0. The van der Waals surface area contributed by atoms with Crippen molar-refractivity contribution in [2.24, 2.45) is 28.6 Å². The first kappa shape index (κ1) is 28.3. The lowest BCUT2D eigenvalue weighted by molar-refractivity contribution is -0.153. The molecule has 5 nitrogen and oxygen atoms in total. The summed E-state index contributed by atoms with van der Waals surface area (Å²) in [5.74, 6) is 1.13. The van der Waals surface area contributed by atoms with Crippen molar-refractivity contribution < 1.29 is 24.9 Å². The summed E-state index contributed by atoms with van der Waals surface area (Å²) in [7, 11) is 0. The van der Waals surface area contributed by atoms with Crippen LogP contribution < -0.4 is 0 Å². The Morgan fingerprint density at radius 3 is 2.65 bits per heavy atom. The zero-order valence-corrected chi connectivity index (χ0v) is 23.1. The molecule has 7 atom stereocenters. The number of esters is 1. The molecule has 0 saturated heterocycles. The maximum atomic E-state index is 12.6. The van der Waals surface area contributed by atoms with Crippen molar-refractivity contribution >= 4 is 5.97 Å². The summed E-state index contributed by atoms with van der Waals surface area (Å²) in [5.41, 5.74) is 2.66. The van der Waals surface area contributed by atoms with E-state index in [2.05, 4.69) is 45.6 Å². The van der Waals surface area contributed by atoms with Crippen molar-refractivity contribution in [1.29, 1.82) is 0 Å². The standard InChI is InChI=1S/C32H48O5/c1-5-6-18-37-30(36)32(16-17-32)29(35)14-9-21(2)26-12-13-27-23(8-7-15-31(26,27)4)10-11-24-19-25(33)20-28(34)22(24)3/h9-11,14,21,25-29,33-35H,3,5-8,12-13,15-20H2,1-2,4H3/b14-9+,23-10?,24-11-/t21-,25-,26-,27+,28+,29-,31-/m1/s1. The van der Waals surface area contributed by atoms with Gasteiger partial charge in [-0.3, -0.25) is 4.79 Å². The molecule has 37 heavy (non-hydrogen) atoms. The molecular weight excluding hydrogens is 464 g/mol. The molecule has 4 aliphatic carbocycles. The maximum absolute atomic E-state index is 12.6. The molecule has 3 N–H and O–H groups in total. The largest absolute Gasteiger partial charge is 0.465 e. The van der Waals surface area contributed by atoms with Crippen molar-refractivity contribution in [3.8, 4) is 0 Å². The van der Waals surface area contributed by atoms with E-state index in [9.17, 15) is 20.1 Å². The molecule has 0 aromatic carbocycles. The average molecular weight is 513 g/mol. The van der Waals surface area contributed by atoms with Crippen LogP contribution in [0.15, 0.2) is 47.6 Å². The van der Waals surface area contributed by atoms with Crippen molar-refractivity contribution in [3.05, 3.63) is 47.6 Å². The lowest BCUT2D eigenvalue weighted by Crippen LogP contribution is -2.36. The Labute approximate surface area is 223 Å². The highest BCUT2D eigenvalue weighted by Crippen LogP contribution is 2.59. The van der Waals surface area contributed by atoms with Gasteiger partial charge in [-0.05, 0) is 92.1 Å². The van der Waals surface area contributed by atoms with Gasteiger partial charge in [0, 0.05) is 6.42 Å². The van der Waals surface area contributed by atoms with Gasteiger partial charge in [0.15, 0.2) is 0 Å². The number of carbonyl (C=O) groups excluding carboxylic acids is 1. The van der Waals surface area contributed by atoms with E-state index < -0.39 is 23.7 Å². The maximum Gasteiger partial charge on any atom is 0.315 e. The van der Waals surface area contributed by atoms with E-state index in [1.54, 1.807) is 0 Å². The van der Waals surface area contributed by atoms with Crippen LogP contribution in [-0.4, -0.2) is 46.2 Å². The van der Waals surface area contributed by atoms with Crippen LogP contribution in [0, 0.1) is 28.6 Å². The Hall–Kier alpha value is -1.69. The predicted octanol–water partition coefficient (Wildman–Crippen LogP) is 5.80. The normalized spacial score (nSPS) is 37.1. The van der Waals surface area contributed by atoms with Gasteiger partial charge < -0.3 is 20.1 Å². The lowest BCUT2D eigenvalue weighted by atomic mass is 9.61. The molecule has 0 spiro atoms. The number of carbonyl (C=O) groups is 1. The summed E-state index contributed by atoms with van der Waals surface area (Å²) < 4.78 is 5.44. The van der Waals surface area contributed by atoms with E-state index in [0.717, 1.165) is 49.7 Å². The number of aliphatic hydroxyl groups excluding tert-OH is 3. The van der Waals surface area contributed by atoms with Gasteiger partial charge in [0.1, 0.15) is 0 Å². The molecule has 0 unspecified atom stereocenters. The molecule has 4 fully saturated rings. The first-order valence-corrected chi connectivity index (χ1v) is 14.6. The van der Waals surface area contributed by atoms with Crippen LogP contribution in [0.5, 0.6) is 0 Å². The Morgan fingerprint density at radius 2 is 1.95 bits per heavy atom. The summed E-state index contributed by atoms with van der Waals surface area (Å²) in [6.45, 7) is 11.3. The number of fused-ring (bicyclic) bond motifs is 1. The van der Waals surface area contributed by atoms with Crippen LogP contribution in [0.2, 0.25) is 0 Å². The summed E-state index contributed by atoms with van der Waals surface area (Å²) in [6, 6.07) is 0. The average Bonchev–Trinajstić information content (AvgIpc) is 3.60. The highest BCUT2D eigenvalue weighted by Gasteiger charge is 2.56. The number of aliphatic hydroxyl groups is 3. The molecule has 5 heteroatoms. The SMILES string of the molecule is C=C1/C(=C\C=C2CCC[C@]3(C)[C@@H]([C@H](C)/C=C/[C@@H](O)C4(C(=O)OCCCC)CC4)CC[C@@H]23)C[C@@H](O)C[C@@H]1O. The Kier molecular flexibility index (Phi) is 8.87. The van der Waals surface area contributed by atoms with Crippen molar-refractivity contribution in [1.82, 2.24) is 0 Å². The highest BCUT2D eigenvalue weighted by molar-refractivity contribution is 5.81. The van der Waals surface area contributed by atoms with E-state index in [-0.39, 0.29) is 11.4 Å². The molecule has 0 amide bonds. The number of rotatable bonds is 9. The number of hydrogen-bond acceptors (Lipinski definition) is 5. The van der Waals surface area contributed by atoms with Crippen LogP contribution in [0.4, 0.5) is 0 Å². The number of hydrogen-bond donors (Lipinski definition) is 3. The summed E-state index contributed by atoms with van der Waals surface area (Å²) in [6.07, 6.45) is 16.4. The molecule has 0 bridgehead atoms. The van der Waals surface area contributed by atoms with Gasteiger partial charge in [-0.25, -0.2) is 0 Å². The second-order valence-corrected chi connectivity index (χ2v) is 12.5. The van der Waals surface area contributed by atoms with Crippen LogP contribution in [0.3, 0.4) is 0 Å². The topological polar surface area (TPSA) is 87.0 Å². The number of unbranched alkanes of at least 4 members (excludes halogenated alkanes) is 1. The zero-order valence-electron chi connectivity index (χ0n) is 23.1. The van der Waals surface area contributed by atoms with Gasteiger partial charge in [0.25, 0.3) is 0 Å². The molecule has 0 heterocycles. The van der Waals surface area contributed by atoms with Crippen molar-refractivity contribution in [3.63, 3.8) is 0 Å². The van der Waals surface area contributed by atoms with Gasteiger partial charge >= 0.3 is 5.97 Å². The summed E-state index contributed by atoms with van der Waals surface area (Å²) in [4.78, 5) is 12.6. The van der Waals surface area contributed by atoms with Crippen LogP contribution in [0.25, 0.3) is 0 Å². The van der Waals surface area contributed by atoms with Gasteiger partial charge in [-0.2, -0.15) is 0 Å². The minimum Gasteiger partial charge on any atom is -0.465 e. The van der Waals surface area contributed by atoms with Gasteiger partial charge in [-0.1, -0.05) is 63.6 Å². The van der Waals surface area contributed by atoms with E-state index in [4.69, 9.17) is 4.74 Å². The van der Waals surface area contributed by atoms with E-state index in [1.165, 1.54) is 12.0 Å². The fourth-order valence-electron chi connectivity index (χ4n) is 7.42. The second-order valence-electron chi connectivity index (χ2n) is 12.5. The molecule has 0 aromatic heterocycles. The molecule has 4 saturated carbocycles. The quantitative estimate of drug-likeness (QED) is 0.206. The third-order valence-corrected chi connectivity index (χ3v) is 10.0. The third-order valence-electron chi connectivity index (χ3n) is 10.0. The zero-order chi connectivity index (χ0) is 26.8. The monoisotopic (exact) mass is 512 g/mol. The molecule has 0 aromatic rings. The lowest BCUT2D eigenvalue weighted by Gasteiger charge is -2.44. The highest BCUT2D eigenvalue weighted by atomic mass is 16.5. The molecule has 4 rings (SSSR count).